The van der Waals surface area contributed by atoms with Crippen LogP contribution in [0.3, 0.4) is 0 Å². The first kappa shape index (κ1) is 15.3. The Morgan fingerprint density at radius 1 is 1.44 bits per heavy atom. The molecule has 0 spiro atoms. The predicted octanol–water partition coefficient (Wildman–Crippen LogP) is 2.63. The van der Waals surface area contributed by atoms with Crippen LogP contribution in [-0.4, -0.2) is 29.1 Å². The first-order valence-electron chi connectivity index (χ1n) is 5.76. The van der Waals surface area contributed by atoms with Gasteiger partial charge in [0, 0.05) is 16.8 Å². The molecule has 1 rings (SSSR count). The second-order valence-electron chi connectivity index (χ2n) is 4.12. The Morgan fingerprint density at radius 3 is 2.61 bits per heavy atom. The van der Waals surface area contributed by atoms with E-state index in [0.717, 1.165) is 0 Å². The number of halogens is 1. The van der Waals surface area contributed by atoms with Gasteiger partial charge < -0.3 is 10.4 Å². The minimum absolute atomic E-state index is 0.0722. The third kappa shape index (κ3) is 5.29. The largest absolute Gasteiger partial charge is 0.388 e. The van der Waals surface area contributed by atoms with Crippen molar-refractivity contribution in [3.8, 4) is 0 Å². The molecule has 0 bridgehead atoms. The summed E-state index contributed by atoms with van der Waals surface area (Å²) in [6.07, 6.45) is 1.29. The smallest absolute Gasteiger partial charge is 0.222 e. The van der Waals surface area contributed by atoms with Crippen LogP contribution in [0.15, 0.2) is 24.3 Å². The first-order valence-corrected chi connectivity index (χ1v) is 7.42. The highest BCUT2D eigenvalue weighted by Gasteiger charge is 2.13. The molecule has 1 aromatic carbocycles. The molecule has 0 aliphatic carbocycles. The summed E-state index contributed by atoms with van der Waals surface area (Å²) >= 11 is 7.45. The molecule has 2 atom stereocenters. The zero-order valence-electron chi connectivity index (χ0n) is 10.5. The average molecular weight is 288 g/mol. The summed E-state index contributed by atoms with van der Waals surface area (Å²) in [4.78, 5) is 11.6. The molecule has 0 radical (unpaired) electrons. The molecular weight excluding hydrogens is 270 g/mol. The van der Waals surface area contributed by atoms with Gasteiger partial charge >= 0.3 is 0 Å². The molecule has 0 fully saturated rings. The highest BCUT2D eigenvalue weighted by molar-refractivity contribution is 7.99. The summed E-state index contributed by atoms with van der Waals surface area (Å²) in [5.74, 6) is -0.140. The van der Waals surface area contributed by atoms with Crippen LogP contribution in [0.1, 0.15) is 25.0 Å². The molecule has 0 heterocycles. The van der Waals surface area contributed by atoms with Crippen molar-refractivity contribution >= 4 is 29.3 Å². The van der Waals surface area contributed by atoms with Crippen LogP contribution in [0.5, 0.6) is 0 Å². The molecule has 18 heavy (non-hydrogen) atoms. The van der Waals surface area contributed by atoms with Crippen molar-refractivity contribution in [1.29, 1.82) is 0 Å². The van der Waals surface area contributed by atoms with Crippen molar-refractivity contribution in [2.45, 2.75) is 24.7 Å². The normalized spacial score (nSPS) is 14.0. The fourth-order valence-corrected chi connectivity index (χ4v) is 1.77. The van der Waals surface area contributed by atoms with Crippen LogP contribution in [0.2, 0.25) is 5.02 Å². The quantitative estimate of drug-likeness (QED) is 0.846. The summed E-state index contributed by atoms with van der Waals surface area (Å²) in [5, 5.41) is 13.7. The number of thioether (sulfide) groups is 1. The molecule has 2 N–H and O–H groups in total. The third-order valence-electron chi connectivity index (χ3n) is 2.62. The number of nitrogens with one attached hydrogen (secondary N) is 1. The Labute approximate surface area is 117 Å². The maximum Gasteiger partial charge on any atom is 0.222 e. The van der Waals surface area contributed by atoms with E-state index in [4.69, 9.17) is 11.6 Å². The van der Waals surface area contributed by atoms with Crippen molar-refractivity contribution in [3.05, 3.63) is 34.9 Å². The second kappa shape index (κ2) is 7.67. The van der Waals surface area contributed by atoms with E-state index >= 15 is 0 Å². The number of aliphatic hydroxyl groups is 1. The van der Waals surface area contributed by atoms with Crippen LogP contribution in [-0.2, 0) is 4.79 Å². The molecule has 0 saturated heterocycles. The molecule has 0 aliphatic heterocycles. The van der Waals surface area contributed by atoms with Gasteiger partial charge in [-0.2, -0.15) is 11.8 Å². The monoisotopic (exact) mass is 287 g/mol. The Morgan fingerprint density at radius 2 is 2.06 bits per heavy atom. The van der Waals surface area contributed by atoms with E-state index in [9.17, 15) is 9.90 Å². The topological polar surface area (TPSA) is 49.3 Å². The lowest BCUT2D eigenvalue weighted by Crippen LogP contribution is -2.30. The van der Waals surface area contributed by atoms with E-state index in [1.54, 1.807) is 36.0 Å². The Hall–Kier alpha value is -0.710. The second-order valence-corrected chi connectivity index (χ2v) is 5.83. The molecule has 0 aromatic heterocycles. The van der Waals surface area contributed by atoms with Gasteiger partial charge in [0.05, 0.1) is 12.5 Å². The molecule has 5 heteroatoms. The number of carbonyl (C=O) groups is 1. The summed E-state index contributed by atoms with van der Waals surface area (Å²) < 4.78 is 0. The summed E-state index contributed by atoms with van der Waals surface area (Å²) in [5.41, 5.74) is 0.701. The average Bonchev–Trinajstić information content (AvgIpc) is 2.36. The van der Waals surface area contributed by atoms with Gasteiger partial charge in [-0.1, -0.05) is 30.7 Å². The number of rotatable bonds is 6. The van der Waals surface area contributed by atoms with E-state index in [1.165, 1.54) is 0 Å². The molecule has 0 aliphatic rings. The van der Waals surface area contributed by atoms with Crippen LogP contribution in [0, 0.1) is 0 Å². The number of benzene rings is 1. The number of aliphatic hydroxyl groups excluding tert-OH is 1. The highest BCUT2D eigenvalue weighted by Crippen LogP contribution is 2.19. The van der Waals surface area contributed by atoms with E-state index in [0.29, 0.717) is 22.4 Å². The lowest BCUT2D eigenvalue weighted by atomic mass is 10.1. The fraction of sp³-hybridized carbons (Fsp3) is 0.462. The van der Waals surface area contributed by atoms with Crippen molar-refractivity contribution < 1.29 is 9.90 Å². The third-order valence-corrected chi connectivity index (χ3v) is 3.85. The maximum absolute atomic E-state index is 11.6. The molecule has 3 nitrogen and oxygen atoms in total. The van der Waals surface area contributed by atoms with Crippen molar-refractivity contribution in [2.24, 2.45) is 0 Å². The fourth-order valence-electron chi connectivity index (χ4n) is 1.39. The number of carbonyl (C=O) groups excluding carboxylic acids is 1. The molecule has 1 amide bonds. The SMILES string of the molecule is CSC(C)CNC(=O)CC(O)c1ccc(Cl)cc1. The van der Waals surface area contributed by atoms with Crippen molar-refractivity contribution in [1.82, 2.24) is 5.32 Å². The zero-order valence-corrected chi connectivity index (χ0v) is 12.1. The number of hydrogen-bond donors (Lipinski definition) is 2. The Balaban J connectivity index is 2.42. The van der Waals surface area contributed by atoms with Gasteiger partial charge in [0.1, 0.15) is 0 Å². The van der Waals surface area contributed by atoms with E-state index in [1.807, 2.05) is 13.2 Å². The predicted molar refractivity (Wildman–Crippen MR) is 77.0 cm³/mol. The Kier molecular flexibility index (Phi) is 6.54. The molecule has 0 saturated carbocycles. The van der Waals surface area contributed by atoms with E-state index in [-0.39, 0.29) is 12.3 Å². The minimum Gasteiger partial charge on any atom is -0.388 e. The van der Waals surface area contributed by atoms with Crippen LogP contribution < -0.4 is 5.32 Å². The maximum atomic E-state index is 11.6. The van der Waals surface area contributed by atoms with Gasteiger partial charge in [-0.3, -0.25) is 4.79 Å². The minimum atomic E-state index is -0.785. The Bertz CT molecular complexity index is 383. The van der Waals surface area contributed by atoms with Gasteiger partial charge in [-0.15, -0.1) is 0 Å². The van der Waals surface area contributed by atoms with Gasteiger partial charge in [0.15, 0.2) is 0 Å². The van der Waals surface area contributed by atoms with Gasteiger partial charge in [0.2, 0.25) is 5.91 Å². The van der Waals surface area contributed by atoms with E-state index in [2.05, 4.69) is 5.32 Å². The van der Waals surface area contributed by atoms with Crippen LogP contribution >= 0.6 is 23.4 Å². The highest BCUT2D eigenvalue weighted by atomic mass is 35.5. The number of amides is 1. The molecule has 2 unspecified atom stereocenters. The summed E-state index contributed by atoms with van der Waals surface area (Å²) in [7, 11) is 0. The van der Waals surface area contributed by atoms with Crippen LogP contribution in [0.4, 0.5) is 0 Å². The molecule has 1 aromatic rings. The van der Waals surface area contributed by atoms with E-state index < -0.39 is 6.10 Å². The molecule has 100 valence electrons. The van der Waals surface area contributed by atoms with Gasteiger partial charge in [0.25, 0.3) is 0 Å². The van der Waals surface area contributed by atoms with Crippen molar-refractivity contribution in [3.63, 3.8) is 0 Å². The number of hydrogen-bond acceptors (Lipinski definition) is 3. The van der Waals surface area contributed by atoms with Crippen LogP contribution in [0.25, 0.3) is 0 Å². The summed E-state index contributed by atoms with van der Waals surface area (Å²) in [6.45, 7) is 2.66. The molecular formula is C13H18ClNO2S. The van der Waals surface area contributed by atoms with Gasteiger partial charge in [-0.05, 0) is 24.0 Å². The van der Waals surface area contributed by atoms with Gasteiger partial charge in [-0.25, -0.2) is 0 Å². The zero-order chi connectivity index (χ0) is 13.5. The summed E-state index contributed by atoms with van der Waals surface area (Å²) in [6, 6.07) is 6.86. The lowest BCUT2D eigenvalue weighted by molar-refractivity contribution is -0.123. The van der Waals surface area contributed by atoms with Crippen molar-refractivity contribution in [2.75, 3.05) is 12.8 Å². The first-order chi connectivity index (χ1) is 8.52. The standard InChI is InChI=1S/C13H18ClNO2S/c1-9(18-2)8-15-13(17)7-12(16)10-3-5-11(14)6-4-10/h3-6,9,12,16H,7-8H2,1-2H3,(H,15,17). The lowest BCUT2D eigenvalue weighted by Gasteiger charge is -2.13.